The molecule has 1 aliphatic rings. The van der Waals surface area contributed by atoms with Crippen molar-refractivity contribution in [2.45, 2.75) is 13.1 Å². The van der Waals surface area contributed by atoms with Gasteiger partial charge in [-0.3, -0.25) is 9.69 Å². The minimum absolute atomic E-state index is 0.0388. The van der Waals surface area contributed by atoms with Crippen LogP contribution in [0.25, 0.3) is 0 Å². The average molecular weight is 359 g/mol. The third kappa shape index (κ3) is 5.35. The average Bonchev–Trinajstić information content (AvgIpc) is 2.55. The van der Waals surface area contributed by atoms with Gasteiger partial charge in [0, 0.05) is 26.2 Å². The summed E-state index contributed by atoms with van der Waals surface area (Å²) in [5.41, 5.74) is -1.14. The van der Waals surface area contributed by atoms with E-state index in [0.29, 0.717) is 32.8 Å². The highest BCUT2D eigenvalue weighted by Crippen LogP contribution is 2.34. The molecule has 25 heavy (non-hydrogen) atoms. The predicted octanol–water partition coefficient (Wildman–Crippen LogP) is 2.42. The van der Waals surface area contributed by atoms with Crippen LogP contribution < -0.4 is 5.32 Å². The minimum Gasteiger partial charge on any atom is -0.450 e. The van der Waals surface area contributed by atoms with Crippen LogP contribution in [0.15, 0.2) is 24.3 Å². The highest BCUT2D eigenvalue weighted by atomic mass is 19.4. The Labute approximate surface area is 143 Å². The number of benzene rings is 1. The van der Waals surface area contributed by atoms with Crippen molar-refractivity contribution in [1.29, 1.82) is 0 Å². The zero-order chi connectivity index (χ0) is 18.4. The van der Waals surface area contributed by atoms with Crippen molar-refractivity contribution < 1.29 is 27.5 Å². The number of alkyl halides is 3. The van der Waals surface area contributed by atoms with Crippen LogP contribution in [0.1, 0.15) is 12.5 Å². The van der Waals surface area contributed by atoms with Gasteiger partial charge in [-0.25, -0.2) is 4.79 Å². The maximum atomic E-state index is 12.9. The van der Waals surface area contributed by atoms with Crippen molar-refractivity contribution in [2.75, 3.05) is 44.6 Å². The molecule has 6 nitrogen and oxygen atoms in total. The molecule has 0 saturated carbocycles. The van der Waals surface area contributed by atoms with E-state index >= 15 is 0 Å². The molecule has 0 unspecified atom stereocenters. The summed E-state index contributed by atoms with van der Waals surface area (Å²) in [7, 11) is 0. The monoisotopic (exact) mass is 359 g/mol. The summed E-state index contributed by atoms with van der Waals surface area (Å²) < 4.78 is 43.7. The molecule has 1 N–H and O–H groups in total. The third-order valence-corrected chi connectivity index (χ3v) is 3.77. The lowest BCUT2D eigenvalue weighted by Gasteiger charge is -2.33. The van der Waals surface area contributed by atoms with Gasteiger partial charge in [0.2, 0.25) is 5.91 Å². The van der Waals surface area contributed by atoms with Gasteiger partial charge in [0.05, 0.1) is 24.4 Å². The molecule has 138 valence electrons. The van der Waals surface area contributed by atoms with Crippen LogP contribution in [0.5, 0.6) is 0 Å². The number of nitrogens with one attached hydrogen (secondary N) is 1. The Hall–Kier alpha value is -2.29. The SMILES string of the molecule is CCOC(=O)N1CCN(CC(=O)Nc2ccccc2C(F)(F)F)CC1. The van der Waals surface area contributed by atoms with Crippen LogP contribution in [-0.2, 0) is 15.7 Å². The fraction of sp³-hybridized carbons (Fsp3) is 0.500. The number of para-hydroxylation sites is 1. The van der Waals surface area contributed by atoms with Crippen LogP contribution in [0.2, 0.25) is 0 Å². The molecule has 0 aliphatic carbocycles. The molecule has 1 aliphatic heterocycles. The largest absolute Gasteiger partial charge is 0.450 e. The lowest BCUT2D eigenvalue weighted by atomic mass is 10.1. The fourth-order valence-corrected chi connectivity index (χ4v) is 2.54. The van der Waals surface area contributed by atoms with E-state index in [2.05, 4.69) is 5.32 Å². The second kappa shape index (κ2) is 8.19. The van der Waals surface area contributed by atoms with Crippen LogP contribution in [-0.4, -0.2) is 61.1 Å². The van der Waals surface area contributed by atoms with Gasteiger partial charge in [0.25, 0.3) is 0 Å². The summed E-state index contributed by atoms with van der Waals surface area (Å²) in [6.07, 6.45) is -4.93. The molecular formula is C16H20F3N3O3. The summed E-state index contributed by atoms with van der Waals surface area (Å²) in [4.78, 5) is 27.0. The van der Waals surface area contributed by atoms with E-state index in [1.165, 1.54) is 23.1 Å². The molecule has 0 aromatic heterocycles. The van der Waals surface area contributed by atoms with E-state index in [1.54, 1.807) is 11.8 Å². The second-order valence-corrected chi connectivity index (χ2v) is 5.55. The van der Waals surface area contributed by atoms with Crippen molar-refractivity contribution in [3.63, 3.8) is 0 Å². The smallest absolute Gasteiger partial charge is 0.418 e. The zero-order valence-corrected chi connectivity index (χ0v) is 13.8. The van der Waals surface area contributed by atoms with E-state index in [4.69, 9.17) is 4.74 Å². The third-order valence-electron chi connectivity index (χ3n) is 3.77. The van der Waals surface area contributed by atoms with Gasteiger partial charge in [0.15, 0.2) is 0 Å². The number of anilines is 1. The van der Waals surface area contributed by atoms with Gasteiger partial charge in [-0.15, -0.1) is 0 Å². The standard InChI is InChI=1S/C16H20F3N3O3/c1-2-25-15(24)22-9-7-21(8-10-22)11-14(23)20-13-6-4-3-5-12(13)16(17,18)19/h3-6H,2,7-11H2,1H3,(H,20,23). The van der Waals surface area contributed by atoms with Crippen molar-refractivity contribution in [3.8, 4) is 0 Å². The van der Waals surface area contributed by atoms with Crippen LogP contribution in [0, 0.1) is 0 Å². The molecule has 1 fully saturated rings. The van der Waals surface area contributed by atoms with Crippen LogP contribution >= 0.6 is 0 Å². The van der Waals surface area contributed by atoms with Gasteiger partial charge in [-0.05, 0) is 19.1 Å². The van der Waals surface area contributed by atoms with E-state index in [0.717, 1.165) is 6.07 Å². The van der Waals surface area contributed by atoms with Crippen molar-refractivity contribution in [1.82, 2.24) is 9.80 Å². The lowest BCUT2D eigenvalue weighted by molar-refractivity contribution is -0.137. The number of halogens is 3. The maximum Gasteiger partial charge on any atom is 0.418 e. The Morgan fingerprint density at radius 3 is 2.40 bits per heavy atom. The van der Waals surface area contributed by atoms with Crippen molar-refractivity contribution >= 4 is 17.7 Å². The van der Waals surface area contributed by atoms with Crippen molar-refractivity contribution in [2.24, 2.45) is 0 Å². The van der Waals surface area contributed by atoms with Crippen molar-refractivity contribution in [3.05, 3.63) is 29.8 Å². The van der Waals surface area contributed by atoms with E-state index in [1.807, 2.05) is 0 Å². The molecule has 1 saturated heterocycles. The number of carbonyl (C=O) groups excluding carboxylic acids is 2. The first kappa shape index (κ1) is 19.0. The number of hydrogen-bond donors (Lipinski definition) is 1. The molecule has 2 amide bonds. The highest BCUT2D eigenvalue weighted by molar-refractivity contribution is 5.93. The Morgan fingerprint density at radius 1 is 1.16 bits per heavy atom. The van der Waals surface area contributed by atoms with Gasteiger partial charge < -0.3 is 15.0 Å². The summed E-state index contributed by atoms with van der Waals surface area (Å²) in [6, 6.07) is 4.85. The molecule has 0 radical (unpaired) electrons. The Morgan fingerprint density at radius 2 is 1.80 bits per heavy atom. The van der Waals surface area contributed by atoms with E-state index in [-0.39, 0.29) is 12.2 Å². The first-order valence-electron chi connectivity index (χ1n) is 7.91. The van der Waals surface area contributed by atoms with E-state index < -0.39 is 23.7 Å². The number of ether oxygens (including phenoxy) is 1. The van der Waals surface area contributed by atoms with E-state index in [9.17, 15) is 22.8 Å². The summed E-state index contributed by atoms with van der Waals surface area (Å²) in [5.74, 6) is -0.527. The van der Waals surface area contributed by atoms with Gasteiger partial charge in [-0.1, -0.05) is 12.1 Å². The first-order valence-corrected chi connectivity index (χ1v) is 7.91. The number of hydrogen-bond acceptors (Lipinski definition) is 4. The summed E-state index contributed by atoms with van der Waals surface area (Å²) in [5, 5.41) is 2.31. The Balaban J connectivity index is 1.87. The van der Waals surface area contributed by atoms with Gasteiger partial charge in [0.1, 0.15) is 0 Å². The Bertz CT molecular complexity index is 614. The molecule has 0 spiro atoms. The number of amides is 2. The normalized spacial score (nSPS) is 15.8. The topological polar surface area (TPSA) is 61.9 Å². The number of carbonyl (C=O) groups is 2. The fourth-order valence-electron chi connectivity index (χ4n) is 2.54. The second-order valence-electron chi connectivity index (χ2n) is 5.55. The number of nitrogens with zero attached hydrogens (tertiary/aromatic N) is 2. The minimum atomic E-state index is -4.53. The first-order chi connectivity index (χ1) is 11.8. The molecule has 1 aromatic rings. The molecule has 0 atom stereocenters. The predicted molar refractivity (Wildman–Crippen MR) is 85.1 cm³/mol. The highest BCUT2D eigenvalue weighted by Gasteiger charge is 2.33. The molecule has 0 bridgehead atoms. The van der Waals surface area contributed by atoms with Gasteiger partial charge >= 0.3 is 12.3 Å². The molecule has 1 aromatic carbocycles. The van der Waals surface area contributed by atoms with Crippen LogP contribution in [0.4, 0.5) is 23.7 Å². The number of rotatable bonds is 4. The maximum absolute atomic E-state index is 12.9. The lowest BCUT2D eigenvalue weighted by Crippen LogP contribution is -2.50. The quantitative estimate of drug-likeness (QED) is 0.897. The Kier molecular flexibility index (Phi) is 6.24. The molecular weight excluding hydrogens is 339 g/mol. The zero-order valence-electron chi connectivity index (χ0n) is 13.8. The number of piperazine rings is 1. The van der Waals surface area contributed by atoms with Gasteiger partial charge in [-0.2, -0.15) is 13.2 Å². The molecule has 2 rings (SSSR count). The van der Waals surface area contributed by atoms with Crippen LogP contribution in [0.3, 0.4) is 0 Å². The summed E-state index contributed by atoms with van der Waals surface area (Å²) >= 11 is 0. The summed E-state index contributed by atoms with van der Waals surface area (Å²) in [6.45, 7) is 3.69. The molecule has 1 heterocycles. The molecule has 9 heteroatoms.